The second-order valence-electron chi connectivity index (χ2n) is 4.47. The smallest absolute Gasteiger partial charge is 0.309 e. The number of Topliss-reactive ketones (excluding diaryl/α,β-unsaturated/α-hetero) is 1. The number of hydrogen-bond donors (Lipinski definition) is 0. The molecule has 0 aromatic carbocycles. The summed E-state index contributed by atoms with van der Waals surface area (Å²) in [5.74, 6) is -0.334. The quantitative estimate of drug-likeness (QED) is 0.596. The molecule has 7 nitrogen and oxygen atoms in total. The van der Waals surface area contributed by atoms with E-state index in [1.165, 1.54) is 26.4 Å². The molecule has 0 atom stereocenters. The largest absolute Gasteiger partial charge is 0.430 e. The van der Waals surface area contributed by atoms with Gasteiger partial charge in [0.15, 0.2) is 17.2 Å². The summed E-state index contributed by atoms with van der Waals surface area (Å²) in [6.45, 7) is 4.90. The van der Waals surface area contributed by atoms with Gasteiger partial charge in [0.05, 0.1) is 0 Å². The third-order valence-corrected chi connectivity index (χ3v) is 2.62. The highest BCUT2D eigenvalue weighted by Crippen LogP contribution is 2.19. The van der Waals surface area contributed by atoms with E-state index in [1.54, 1.807) is 13.8 Å². The van der Waals surface area contributed by atoms with E-state index in [0.717, 1.165) is 5.01 Å². The minimum atomic E-state index is -0.345. The molecule has 0 N–H and O–H groups in total. The van der Waals surface area contributed by atoms with E-state index in [0.29, 0.717) is 5.57 Å². The van der Waals surface area contributed by atoms with Gasteiger partial charge in [0.2, 0.25) is 0 Å². The Morgan fingerprint density at radius 3 is 2.45 bits per heavy atom. The molecule has 0 saturated carbocycles. The van der Waals surface area contributed by atoms with Crippen LogP contribution in [0.2, 0.25) is 0 Å². The van der Waals surface area contributed by atoms with Crippen molar-refractivity contribution in [2.75, 3.05) is 7.05 Å². The van der Waals surface area contributed by atoms with Crippen molar-refractivity contribution in [3.63, 3.8) is 0 Å². The van der Waals surface area contributed by atoms with Gasteiger partial charge in [-0.05, 0) is 19.4 Å². The number of hydrogen-bond acceptors (Lipinski definition) is 6. The van der Waals surface area contributed by atoms with Crippen LogP contribution in [0, 0.1) is 0 Å². The summed E-state index contributed by atoms with van der Waals surface area (Å²) in [5.41, 5.74) is 1.09. The number of ketones is 1. The van der Waals surface area contributed by atoms with Crippen molar-refractivity contribution in [1.29, 1.82) is 0 Å². The van der Waals surface area contributed by atoms with Gasteiger partial charge in [-0.2, -0.15) is 0 Å². The van der Waals surface area contributed by atoms with Crippen LogP contribution in [0.1, 0.15) is 37.0 Å². The number of allylic oxidation sites excluding steroid dienone is 1. The fourth-order valence-electron chi connectivity index (χ4n) is 1.65. The molecule has 7 heteroatoms. The normalized spacial score (nSPS) is 14.8. The van der Waals surface area contributed by atoms with Crippen molar-refractivity contribution < 1.29 is 14.3 Å². The second kappa shape index (κ2) is 5.20. The monoisotopic (exact) mass is 274 g/mol. The molecule has 0 radical (unpaired) electrons. The highest BCUT2D eigenvalue weighted by molar-refractivity contribution is 6.08. The minimum absolute atomic E-state index is 0.0848. The molecule has 0 saturated heterocycles. The van der Waals surface area contributed by atoms with Crippen LogP contribution in [0.25, 0.3) is 0 Å². The number of rotatable bonds is 2. The van der Waals surface area contributed by atoms with Crippen LogP contribution in [-0.2, 0) is 9.53 Å². The Morgan fingerprint density at radius 2 is 1.85 bits per heavy atom. The number of carbonyl (C=O) groups excluding carboxylic acids is 2. The molecule has 20 heavy (non-hydrogen) atoms. The first-order valence-electron chi connectivity index (χ1n) is 5.96. The van der Waals surface area contributed by atoms with Gasteiger partial charge in [0.25, 0.3) is 5.90 Å². The molecule has 0 unspecified atom stereocenters. The predicted molar refractivity (Wildman–Crippen MR) is 70.8 cm³/mol. The van der Waals surface area contributed by atoms with Crippen LogP contribution < -0.4 is 0 Å². The average Bonchev–Trinajstić information content (AvgIpc) is 2.41. The Kier molecular flexibility index (Phi) is 3.60. The van der Waals surface area contributed by atoms with Crippen molar-refractivity contribution in [2.45, 2.75) is 20.8 Å². The lowest BCUT2D eigenvalue weighted by molar-refractivity contribution is -0.129. The lowest BCUT2D eigenvalue weighted by Crippen LogP contribution is -2.34. The lowest BCUT2D eigenvalue weighted by atomic mass is 10.2. The van der Waals surface area contributed by atoms with Crippen molar-refractivity contribution >= 4 is 17.6 Å². The zero-order chi connectivity index (χ0) is 14.9. The predicted octanol–water partition coefficient (Wildman–Crippen LogP) is 1.12. The molecule has 0 spiro atoms. The van der Waals surface area contributed by atoms with Crippen LogP contribution in [0.15, 0.2) is 28.8 Å². The number of amides is 1. The summed E-state index contributed by atoms with van der Waals surface area (Å²) in [7, 11) is 1.51. The molecular weight excluding hydrogens is 260 g/mol. The fourth-order valence-corrected chi connectivity index (χ4v) is 1.65. The standard InChI is InChI=1S/C13H14N4O3/c1-7(2)11-13(19)17(4)16-12(20-11)10-9(8(3)18)14-5-6-15-10/h5-6H,1-4H3. The number of likely N-dealkylation sites (N-methyl/N-ethyl adjacent to an activating group) is 1. The SMILES string of the molecule is CC(=O)c1nccnc1C1=NN(C)C(=O)C(=C(C)C)O1. The number of ether oxygens (including phenoxy) is 1. The number of aromatic nitrogens is 2. The maximum atomic E-state index is 11.9. The Bertz CT molecular complexity index is 645. The van der Waals surface area contributed by atoms with Crippen LogP contribution in [0.3, 0.4) is 0 Å². The maximum absolute atomic E-state index is 11.9. The van der Waals surface area contributed by atoms with E-state index in [9.17, 15) is 9.59 Å². The zero-order valence-corrected chi connectivity index (χ0v) is 11.7. The molecule has 2 heterocycles. The third kappa shape index (κ3) is 2.42. The fraction of sp³-hybridized carbons (Fsp3) is 0.308. The topological polar surface area (TPSA) is 84.8 Å². The van der Waals surface area contributed by atoms with Gasteiger partial charge in [0, 0.05) is 26.4 Å². The van der Waals surface area contributed by atoms with E-state index in [4.69, 9.17) is 4.74 Å². The van der Waals surface area contributed by atoms with E-state index in [1.807, 2.05) is 0 Å². The molecule has 1 amide bonds. The van der Waals surface area contributed by atoms with Crippen molar-refractivity contribution in [1.82, 2.24) is 15.0 Å². The highest BCUT2D eigenvalue weighted by atomic mass is 16.5. The van der Waals surface area contributed by atoms with Gasteiger partial charge in [-0.25, -0.2) is 15.0 Å². The first-order valence-corrected chi connectivity index (χ1v) is 5.96. The molecule has 1 aliphatic rings. The Morgan fingerprint density at radius 1 is 1.20 bits per heavy atom. The van der Waals surface area contributed by atoms with Crippen molar-refractivity contribution in [3.8, 4) is 0 Å². The number of nitrogens with zero attached hydrogens (tertiary/aromatic N) is 4. The van der Waals surface area contributed by atoms with Crippen molar-refractivity contribution in [3.05, 3.63) is 35.1 Å². The summed E-state index contributed by atoms with van der Waals surface area (Å²) < 4.78 is 5.49. The van der Waals surface area contributed by atoms with Crippen LogP contribution >= 0.6 is 0 Å². The first kappa shape index (κ1) is 13.9. The van der Waals surface area contributed by atoms with Crippen LogP contribution in [0.5, 0.6) is 0 Å². The zero-order valence-electron chi connectivity index (χ0n) is 11.7. The molecule has 0 fully saturated rings. The highest BCUT2D eigenvalue weighted by Gasteiger charge is 2.29. The first-order chi connectivity index (χ1) is 9.41. The summed E-state index contributed by atoms with van der Waals surface area (Å²) in [6.07, 6.45) is 2.85. The van der Waals surface area contributed by atoms with Gasteiger partial charge in [-0.15, -0.1) is 5.10 Å². The second-order valence-corrected chi connectivity index (χ2v) is 4.47. The summed E-state index contributed by atoms with van der Waals surface area (Å²) in [5, 5.41) is 5.15. The van der Waals surface area contributed by atoms with E-state index < -0.39 is 0 Å². The van der Waals surface area contributed by atoms with Gasteiger partial charge >= 0.3 is 5.91 Å². The van der Waals surface area contributed by atoms with Gasteiger partial charge < -0.3 is 4.74 Å². The summed E-state index contributed by atoms with van der Waals surface area (Å²) >= 11 is 0. The summed E-state index contributed by atoms with van der Waals surface area (Å²) in [6, 6.07) is 0. The van der Waals surface area contributed by atoms with Crippen LogP contribution in [-0.4, -0.2) is 39.6 Å². The van der Waals surface area contributed by atoms with Gasteiger partial charge in [-0.3, -0.25) is 9.59 Å². The van der Waals surface area contributed by atoms with E-state index in [2.05, 4.69) is 15.1 Å². The lowest BCUT2D eigenvalue weighted by Gasteiger charge is -2.23. The molecule has 1 aliphatic heterocycles. The van der Waals surface area contributed by atoms with Gasteiger partial charge in [-0.1, -0.05) is 0 Å². The molecule has 0 bridgehead atoms. The molecule has 0 aliphatic carbocycles. The van der Waals surface area contributed by atoms with E-state index in [-0.39, 0.29) is 34.7 Å². The molecule has 2 rings (SSSR count). The Labute approximate surface area is 116 Å². The van der Waals surface area contributed by atoms with Gasteiger partial charge in [0.1, 0.15) is 5.69 Å². The summed E-state index contributed by atoms with van der Waals surface area (Å²) in [4.78, 5) is 31.5. The number of hydrazone groups is 1. The average molecular weight is 274 g/mol. The minimum Gasteiger partial charge on any atom is -0.430 e. The molecule has 104 valence electrons. The van der Waals surface area contributed by atoms with Crippen LogP contribution in [0.4, 0.5) is 0 Å². The Balaban J connectivity index is 2.54. The molecule has 1 aromatic rings. The van der Waals surface area contributed by atoms with E-state index >= 15 is 0 Å². The molecular formula is C13H14N4O3. The van der Waals surface area contributed by atoms with Crippen molar-refractivity contribution in [2.24, 2.45) is 5.10 Å². The molecule has 1 aromatic heterocycles. The number of carbonyl (C=O) groups is 2. The maximum Gasteiger partial charge on any atom is 0.309 e. The third-order valence-electron chi connectivity index (χ3n) is 2.62. The Hall–Kier alpha value is -2.57.